The molecule has 1 fully saturated rings. The van der Waals surface area contributed by atoms with Crippen LogP contribution in [-0.2, 0) is 4.79 Å². The van der Waals surface area contributed by atoms with Crippen molar-refractivity contribution >= 4 is 46.7 Å². The highest BCUT2D eigenvalue weighted by Gasteiger charge is 2.37. The van der Waals surface area contributed by atoms with Crippen molar-refractivity contribution < 1.29 is 9.59 Å². The van der Waals surface area contributed by atoms with Gasteiger partial charge in [0.2, 0.25) is 5.91 Å². The van der Waals surface area contributed by atoms with Gasteiger partial charge in [-0.05, 0) is 31.5 Å². The number of amides is 2. The lowest BCUT2D eigenvalue weighted by Crippen LogP contribution is -2.48. The molecule has 0 spiro atoms. The van der Waals surface area contributed by atoms with Gasteiger partial charge in [0.25, 0.3) is 5.91 Å². The molecule has 1 aromatic heterocycles. The summed E-state index contributed by atoms with van der Waals surface area (Å²) in [5, 5.41) is 1.93. The van der Waals surface area contributed by atoms with E-state index in [1.807, 2.05) is 31.5 Å². The van der Waals surface area contributed by atoms with Crippen LogP contribution in [0.5, 0.6) is 0 Å². The number of rotatable bonds is 5. The van der Waals surface area contributed by atoms with Gasteiger partial charge in [-0.3, -0.25) is 9.59 Å². The Hall–Kier alpha value is -0.660. The van der Waals surface area contributed by atoms with Gasteiger partial charge in [0.15, 0.2) is 0 Å². The Morgan fingerprint density at radius 2 is 2.14 bits per heavy atom. The van der Waals surface area contributed by atoms with Crippen LogP contribution in [0.3, 0.4) is 0 Å². The third-order valence-electron chi connectivity index (χ3n) is 3.55. The van der Waals surface area contributed by atoms with Crippen LogP contribution in [0.2, 0.25) is 0 Å². The SMILES string of the molecule is CCN(CC)C(=O)[C@H]1CSCN1C(=O)c1sccc1SC. The van der Waals surface area contributed by atoms with Gasteiger partial charge in [-0.2, -0.15) is 0 Å². The Kier molecular flexibility index (Phi) is 6.01. The maximum Gasteiger partial charge on any atom is 0.266 e. The minimum atomic E-state index is -0.320. The van der Waals surface area contributed by atoms with Gasteiger partial charge in [0.1, 0.15) is 10.9 Å². The van der Waals surface area contributed by atoms with E-state index in [2.05, 4.69) is 0 Å². The number of hydrogen-bond acceptors (Lipinski definition) is 5. The molecule has 0 bridgehead atoms. The largest absolute Gasteiger partial charge is 0.341 e. The van der Waals surface area contributed by atoms with E-state index in [0.29, 0.717) is 24.7 Å². The van der Waals surface area contributed by atoms with Crippen molar-refractivity contribution in [3.63, 3.8) is 0 Å². The maximum atomic E-state index is 12.7. The van der Waals surface area contributed by atoms with Crippen LogP contribution >= 0.6 is 34.9 Å². The molecule has 1 aromatic rings. The summed E-state index contributed by atoms with van der Waals surface area (Å²) in [5.41, 5.74) is 0. The minimum absolute atomic E-state index is 0.00939. The van der Waals surface area contributed by atoms with E-state index in [1.54, 1.807) is 33.3 Å². The highest BCUT2D eigenvalue weighted by Crippen LogP contribution is 2.31. The van der Waals surface area contributed by atoms with E-state index in [-0.39, 0.29) is 17.9 Å². The Morgan fingerprint density at radius 3 is 2.76 bits per heavy atom. The Labute approximate surface area is 138 Å². The van der Waals surface area contributed by atoms with Crippen molar-refractivity contribution in [1.82, 2.24) is 9.80 Å². The molecule has 0 radical (unpaired) electrons. The van der Waals surface area contributed by atoms with Crippen molar-refractivity contribution in [2.75, 3.05) is 31.0 Å². The van der Waals surface area contributed by atoms with Crippen molar-refractivity contribution in [3.8, 4) is 0 Å². The Morgan fingerprint density at radius 1 is 1.43 bits per heavy atom. The second-order valence-electron chi connectivity index (χ2n) is 4.62. The molecule has 1 atom stereocenters. The average Bonchev–Trinajstić information content (AvgIpc) is 3.16. The molecule has 0 saturated carbocycles. The highest BCUT2D eigenvalue weighted by molar-refractivity contribution is 7.99. The van der Waals surface area contributed by atoms with Gasteiger partial charge < -0.3 is 9.80 Å². The van der Waals surface area contributed by atoms with Gasteiger partial charge in [-0.15, -0.1) is 34.9 Å². The van der Waals surface area contributed by atoms with Gasteiger partial charge in [0.05, 0.1) is 5.88 Å². The summed E-state index contributed by atoms with van der Waals surface area (Å²) < 4.78 is 0. The van der Waals surface area contributed by atoms with Crippen molar-refractivity contribution in [3.05, 3.63) is 16.3 Å². The lowest BCUT2D eigenvalue weighted by Gasteiger charge is -2.28. The van der Waals surface area contributed by atoms with Gasteiger partial charge in [-0.1, -0.05) is 0 Å². The zero-order valence-corrected chi connectivity index (χ0v) is 14.9. The van der Waals surface area contributed by atoms with E-state index >= 15 is 0 Å². The summed E-state index contributed by atoms with van der Waals surface area (Å²) in [4.78, 5) is 30.6. The van der Waals surface area contributed by atoms with E-state index in [0.717, 1.165) is 9.77 Å². The van der Waals surface area contributed by atoms with E-state index in [4.69, 9.17) is 0 Å². The molecule has 0 unspecified atom stereocenters. The molecule has 7 heteroatoms. The molecular weight excluding hydrogens is 324 g/mol. The fourth-order valence-electron chi connectivity index (χ4n) is 2.34. The third-order valence-corrected chi connectivity index (χ3v) is 6.37. The smallest absolute Gasteiger partial charge is 0.266 e. The zero-order valence-electron chi connectivity index (χ0n) is 12.5. The molecule has 1 aliphatic rings. The normalized spacial score (nSPS) is 18.0. The van der Waals surface area contributed by atoms with Gasteiger partial charge in [0, 0.05) is 23.7 Å². The van der Waals surface area contributed by atoms with E-state index in [9.17, 15) is 9.59 Å². The summed E-state index contributed by atoms with van der Waals surface area (Å²) in [5.74, 6) is 1.36. The predicted molar refractivity (Wildman–Crippen MR) is 91.3 cm³/mol. The molecule has 0 aliphatic carbocycles. The molecular formula is C14H20N2O2S3. The molecule has 2 amide bonds. The first-order valence-corrected chi connectivity index (χ1v) is 10.2. The van der Waals surface area contributed by atoms with Crippen LogP contribution in [0.1, 0.15) is 23.5 Å². The van der Waals surface area contributed by atoms with Crippen LogP contribution in [0.4, 0.5) is 0 Å². The fraction of sp³-hybridized carbons (Fsp3) is 0.571. The monoisotopic (exact) mass is 344 g/mol. The minimum Gasteiger partial charge on any atom is -0.341 e. The fourth-order valence-corrected chi connectivity index (χ4v) is 5.18. The van der Waals surface area contributed by atoms with Crippen molar-refractivity contribution in [2.24, 2.45) is 0 Å². The number of hydrogen-bond donors (Lipinski definition) is 0. The first kappa shape index (κ1) is 16.7. The van der Waals surface area contributed by atoms with E-state index < -0.39 is 0 Å². The number of thioether (sulfide) groups is 2. The Balaban J connectivity index is 2.18. The lowest BCUT2D eigenvalue weighted by atomic mass is 10.2. The van der Waals surface area contributed by atoms with Crippen molar-refractivity contribution in [2.45, 2.75) is 24.8 Å². The van der Waals surface area contributed by atoms with Crippen LogP contribution < -0.4 is 0 Å². The molecule has 1 saturated heterocycles. The molecule has 1 aliphatic heterocycles. The van der Waals surface area contributed by atoms with Gasteiger partial charge in [-0.25, -0.2) is 0 Å². The second kappa shape index (κ2) is 7.56. The topological polar surface area (TPSA) is 40.6 Å². The zero-order chi connectivity index (χ0) is 15.4. The quantitative estimate of drug-likeness (QED) is 0.770. The van der Waals surface area contributed by atoms with Gasteiger partial charge >= 0.3 is 0 Å². The predicted octanol–water partition coefficient (Wildman–Crippen LogP) is 2.85. The standard InChI is InChI=1S/C14H20N2O2S3/c1-4-15(5-2)13(17)10-8-20-9-16(10)14(18)12-11(19-3)6-7-21-12/h6-7,10H,4-5,8-9H2,1-3H3/t10-/m1/s1. The first-order valence-electron chi connectivity index (χ1n) is 6.93. The van der Waals surface area contributed by atoms with E-state index in [1.165, 1.54) is 11.3 Å². The number of carbonyl (C=O) groups excluding carboxylic acids is 2. The third kappa shape index (κ3) is 3.40. The molecule has 2 rings (SSSR count). The summed E-state index contributed by atoms with van der Waals surface area (Å²) in [6.45, 7) is 5.32. The molecule has 116 valence electrons. The first-order chi connectivity index (χ1) is 10.1. The van der Waals surface area contributed by atoms with Crippen LogP contribution in [0, 0.1) is 0 Å². The number of likely N-dealkylation sites (N-methyl/N-ethyl adjacent to an activating group) is 1. The second-order valence-corrected chi connectivity index (χ2v) is 7.38. The van der Waals surface area contributed by atoms with Crippen molar-refractivity contribution in [1.29, 1.82) is 0 Å². The Bertz CT molecular complexity index is 514. The summed E-state index contributed by atoms with van der Waals surface area (Å²) >= 11 is 4.68. The maximum absolute atomic E-state index is 12.7. The highest BCUT2D eigenvalue weighted by atomic mass is 32.2. The molecule has 4 nitrogen and oxygen atoms in total. The molecule has 0 N–H and O–H groups in total. The molecule has 0 aromatic carbocycles. The number of thiophene rings is 1. The molecule has 2 heterocycles. The van der Waals surface area contributed by atoms with Crippen LogP contribution in [0.25, 0.3) is 0 Å². The molecule has 21 heavy (non-hydrogen) atoms. The summed E-state index contributed by atoms with van der Waals surface area (Å²) in [6.07, 6.45) is 1.97. The average molecular weight is 345 g/mol. The van der Waals surface area contributed by atoms with Crippen LogP contribution in [0.15, 0.2) is 16.3 Å². The summed E-state index contributed by atoms with van der Waals surface area (Å²) in [7, 11) is 0. The lowest BCUT2D eigenvalue weighted by molar-refractivity contribution is -0.134. The number of nitrogens with zero attached hydrogens (tertiary/aromatic N) is 2. The van der Waals surface area contributed by atoms with Crippen LogP contribution in [-0.4, -0.2) is 58.6 Å². The summed E-state index contributed by atoms with van der Waals surface area (Å²) in [6, 6.07) is 1.65. The number of carbonyl (C=O) groups is 2.